The number of nitrogens with zero attached hydrogens (tertiary/aromatic N) is 2. The van der Waals surface area contributed by atoms with Crippen LogP contribution in [0.2, 0.25) is 5.02 Å². The van der Waals surface area contributed by atoms with E-state index in [0.29, 0.717) is 17.3 Å². The summed E-state index contributed by atoms with van der Waals surface area (Å²) in [5.74, 6) is -1.98. The fourth-order valence-corrected chi connectivity index (χ4v) is 6.81. The van der Waals surface area contributed by atoms with Crippen molar-refractivity contribution in [3.63, 3.8) is 0 Å². The maximum Gasteiger partial charge on any atom is 0.250 e. The molecule has 0 saturated carbocycles. The third-order valence-corrected chi connectivity index (χ3v) is 8.14. The van der Waals surface area contributed by atoms with Gasteiger partial charge in [0.2, 0.25) is 17.7 Å². The highest BCUT2D eigenvalue weighted by atomic mass is 35.5. The van der Waals surface area contributed by atoms with E-state index in [0.717, 1.165) is 41.6 Å². The summed E-state index contributed by atoms with van der Waals surface area (Å²) in [6.07, 6.45) is 2.49. The topological polar surface area (TPSA) is 69.7 Å². The van der Waals surface area contributed by atoms with Crippen molar-refractivity contribution in [2.75, 3.05) is 16.8 Å². The Labute approximate surface area is 191 Å². The van der Waals surface area contributed by atoms with E-state index < -0.39 is 17.4 Å². The lowest BCUT2D eigenvalue weighted by Crippen LogP contribution is -2.54. The SMILES string of the molecule is CCc1cccc2c1NC(=O)[C@]21[C@@H]2C(=O)N(c3cc(Cl)ccc3C)C(=O)[C@@H]2[C@@H]2CCCN21. The van der Waals surface area contributed by atoms with Crippen molar-refractivity contribution < 1.29 is 14.4 Å². The first-order valence-electron chi connectivity index (χ1n) is 11.3. The lowest BCUT2D eigenvalue weighted by atomic mass is 9.75. The highest BCUT2D eigenvalue weighted by Crippen LogP contribution is 2.61. The number of hydrogen-bond donors (Lipinski definition) is 1. The van der Waals surface area contributed by atoms with Gasteiger partial charge in [0.15, 0.2) is 0 Å². The standard InChI is InChI=1S/C25H24ClN3O3/c1-3-14-6-4-7-16-21(14)27-24(32)25(16)20-19(17-8-5-11-28(17)25)22(30)29(23(20)31)18-12-15(26)10-9-13(18)2/h4,6-7,9-10,12,17,19-20H,3,5,8,11H2,1-2H3,(H,27,32)/t17-,19+,20-,25+/m0/s1. The number of benzene rings is 2. The van der Waals surface area contributed by atoms with E-state index in [1.165, 1.54) is 4.90 Å². The zero-order valence-corrected chi connectivity index (χ0v) is 18.8. The molecule has 0 aliphatic carbocycles. The number of carbonyl (C=O) groups excluding carboxylic acids is 3. The maximum absolute atomic E-state index is 14.0. The molecule has 0 bridgehead atoms. The van der Waals surface area contributed by atoms with Crippen molar-refractivity contribution >= 4 is 40.7 Å². The molecule has 4 atom stereocenters. The molecule has 164 valence electrons. The number of hydrogen-bond acceptors (Lipinski definition) is 4. The van der Waals surface area contributed by atoms with Gasteiger partial charge in [-0.25, -0.2) is 4.90 Å². The van der Waals surface area contributed by atoms with Gasteiger partial charge in [-0.2, -0.15) is 0 Å². The summed E-state index contributed by atoms with van der Waals surface area (Å²) in [6.45, 7) is 4.62. The Bertz CT molecular complexity index is 1210. The Hall–Kier alpha value is -2.70. The summed E-state index contributed by atoms with van der Waals surface area (Å²) in [5, 5.41) is 3.57. The molecule has 4 aliphatic rings. The number of para-hydroxylation sites is 1. The minimum atomic E-state index is -1.14. The van der Waals surface area contributed by atoms with Crippen molar-refractivity contribution in [3.8, 4) is 0 Å². The van der Waals surface area contributed by atoms with Gasteiger partial charge in [0.25, 0.3) is 0 Å². The van der Waals surface area contributed by atoms with Crippen molar-refractivity contribution in [2.24, 2.45) is 11.8 Å². The second-order valence-electron chi connectivity index (χ2n) is 9.26. The Balaban J connectivity index is 1.57. The third-order valence-electron chi connectivity index (χ3n) is 7.91. The first kappa shape index (κ1) is 19.9. The number of fused-ring (bicyclic) bond motifs is 7. The van der Waals surface area contributed by atoms with Crippen molar-refractivity contribution in [3.05, 3.63) is 58.1 Å². The smallest absolute Gasteiger partial charge is 0.250 e. The fraction of sp³-hybridized carbons (Fsp3) is 0.400. The van der Waals surface area contributed by atoms with Crippen LogP contribution in [0.15, 0.2) is 36.4 Å². The van der Waals surface area contributed by atoms with Crippen LogP contribution in [0, 0.1) is 18.8 Å². The van der Waals surface area contributed by atoms with Crippen molar-refractivity contribution in [2.45, 2.75) is 44.7 Å². The average molecular weight is 450 g/mol. The fourth-order valence-electron chi connectivity index (χ4n) is 6.65. The quantitative estimate of drug-likeness (QED) is 0.710. The summed E-state index contributed by atoms with van der Waals surface area (Å²) in [4.78, 5) is 45.0. The monoisotopic (exact) mass is 449 g/mol. The van der Waals surface area contributed by atoms with Gasteiger partial charge in [0, 0.05) is 22.3 Å². The van der Waals surface area contributed by atoms with Gasteiger partial charge in [-0.05, 0) is 56.0 Å². The van der Waals surface area contributed by atoms with Crippen molar-refractivity contribution in [1.29, 1.82) is 0 Å². The van der Waals surface area contributed by atoms with Gasteiger partial charge in [-0.1, -0.05) is 42.8 Å². The van der Waals surface area contributed by atoms with Crippen LogP contribution in [0.1, 0.15) is 36.5 Å². The Morgan fingerprint density at radius 3 is 2.75 bits per heavy atom. The van der Waals surface area contributed by atoms with E-state index in [1.807, 2.05) is 31.2 Å². The zero-order valence-electron chi connectivity index (χ0n) is 18.0. The molecule has 3 fully saturated rings. The minimum absolute atomic E-state index is 0.122. The van der Waals surface area contributed by atoms with E-state index in [-0.39, 0.29) is 23.8 Å². The molecule has 1 spiro atoms. The van der Waals surface area contributed by atoms with E-state index in [2.05, 4.69) is 17.1 Å². The predicted octanol–water partition coefficient (Wildman–Crippen LogP) is 3.64. The summed E-state index contributed by atoms with van der Waals surface area (Å²) in [6, 6.07) is 11.0. The second-order valence-corrected chi connectivity index (χ2v) is 9.70. The van der Waals surface area contributed by atoms with Crippen LogP contribution >= 0.6 is 11.6 Å². The molecule has 4 heterocycles. The molecule has 0 aromatic heterocycles. The highest BCUT2D eigenvalue weighted by molar-refractivity contribution is 6.32. The van der Waals surface area contributed by atoms with E-state index in [1.54, 1.807) is 12.1 Å². The van der Waals surface area contributed by atoms with Crippen LogP contribution in [0.4, 0.5) is 11.4 Å². The maximum atomic E-state index is 14.0. The molecule has 0 radical (unpaired) electrons. The van der Waals surface area contributed by atoms with Crippen LogP contribution < -0.4 is 10.2 Å². The molecule has 2 aromatic rings. The first-order chi connectivity index (χ1) is 15.4. The van der Waals surface area contributed by atoms with Crippen LogP contribution in [-0.2, 0) is 26.3 Å². The molecular weight excluding hydrogens is 426 g/mol. The number of amides is 3. The number of aryl methyl sites for hydroxylation is 2. The van der Waals surface area contributed by atoms with Crippen LogP contribution in [-0.4, -0.2) is 35.2 Å². The van der Waals surface area contributed by atoms with Gasteiger partial charge in [0.1, 0.15) is 5.54 Å². The molecule has 2 aromatic carbocycles. The summed E-state index contributed by atoms with van der Waals surface area (Å²) < 4.78 is 0. The van der Waals surface area contributed by atoms with Crippen LogP contribution in [0.3, 0.4) is 0 Å². The number of anilines is 2. The Morgan fingerprint density at radius 1 is 1.16 bits per heavy atom. The number of halogens is 1. The van der Waals surface area contributed by atoms with Gasteiger partial charge < -0.3 is 5.32 Å². The van der Waals surface area contributed by atoms with E-state index in [9.17, 15) is 14.4 Å². The summed E-state index contributed by atoms with van der Waals surface area (Å²) >= 11 is 6.22. The number of rotatable bonds is 2. The van der Waals surface area contributed by atoms with Crippen LogP contribution in [0.25, 0.3) is 0 Å². The summed E-state index contributed by atoms with van der Waals surface area (Å²) in [7, 11) is 0. The van der Waals surface area contributed by atoms with E-state index in [4.69, 9.17) is 11.6 Å². The average Bonchev–Trinajstić information content (AvgIpc) is 3.48. The van der Waals surface area contributed by atoms with Gasteiger partial charge >= 0.3 is 0 Å². The molecule has 3 saturated heterocycles. The molecule has 32 heavy (non-hydrogen) atoms. The number of imide groups is 1. The molecule has 6 nitrogen and oxygen atoms in total. The predicted molar refractivity (Wildman–Crippen MR) is 122 cm³/mol. The van der Waals surface area contributed by atoms with Crippen LogP contribution in [0.5, 0.6) is 0 Å². The summed E-state index contributed by atoms with van der Waals surface area (Å²) in [5.41, 5.74) is 2.88. The molecule has 7 heteroatoms. The molecule has 1 N–H and O–H groups in total. The normalized spacial score (nSPS) is 30.8. The van der Waals surface area contributed by atoms with Gasteiger partial charge in [0.05, 0.1) is 17.5 Å². The zero-order chi connectivity index (χ0) is 22.4. The molecule has 4 aliphatic heterocycles. The lowest BCUT2D eigenvalue weighted by molar-refractivity contribution is -0.135. The Morgan fingerprint density at radius 2 is 1.97 bits per heavy atom. The molecule has 0 unspecified atom stereocenters. The molecule has 3 amide bonds. The van der Waals surface area contributed by atoms with Gasteiger partial charge in [-0.15, -0.1) is 0 Å². The minimum Gasteiger partial charge on any atom is -0.324 e. The highest BCUT2D eigenvalue weighted by Gasteiger charge is 2.74. The molecule has 6 rings (SSSR count). The second kappa shape index (κ2) is 6.65. The number of nitrogens with one attached hydrogen (secondary N) is 1. The number of carbonyl (C=O) groups is 3. The van der Waals surface area contributed by atoms with E-state index >= 15 is 0 Å². The van der Waals surface area contributed by atoms with Crippen molar-refractivity contribution in [1.82, 2.24) is 4.90 Å². The molecular formula is C25H24ClN3O3. The first-order valence-corrected chi connectivity index (χ1v) is 11.6. The Kier molecular flexibility index (Phi) is 4.15. The largest absolute Gasteiger partial charge is 0.324 e. The third kappa shape index (κ3) is 2.22. The lowest BCUT2D eigenvalue weighted by Gasteiger charge is -2.36. The van der Waals surface area contributed by atoms with Gasteiger partial charge in [-0.3, -0.25) is 19.3 Å².